The van der Waals surface area contributed by atoms with Crippen LogP contribution < -0.4 is 15.5 Å². The van der Waals surface area contributed by atoms with Crippen molar-refractivity contribution in [1.29, 1.82) is 0 Å². The van der Waals surface area contributed by atoms with Gasteiger partial charge in [0.25, 0.3) is 0 Å². The highest BCUT2D eigenvalue weighted by Crippen LogP contribution is 2.17. The van der Waals surface area contributed by atoms with Crippen LogP contribution in [0.1, 0.15) is 17.5 Å². The number of carbonyl (C=O) groups is 1. The standard InChI is InChI=1S/C22H31N5O/c1-18-4-3-5-20(16-18)27-14-12-26(13-15-27)11-7-22(28)25-10-9-24-21-6-8-23-17-19(21)2/h3-6,8,16-17H,7,9-15H2,1-2H3,(H,23,24)(H,25,28). The lowest BCUT2D eigenvalue weighted by atomic mass is 10.2. The zero-order valence-corrected chi connectivity index (χ0v) is 16.9. The van der Waals surface area contributed by atoms with Gasteiger partial charge in [0, 0.05) is 76.0 Å². The van der Waals surface area contributed by atoms with Crippen molar-refractivity contribution in [2.45, 2.75) is 20.3 Å². The molecule has 0 saturated carbocycles. The summed E-state index contributed by atoms with van der Waals surface area (Å²) in [7, 11) is 0. The van der Waals surface area contributed by atoms with Crippen LogP contribution in [0.2, 0.25) is 0 Å². The van der Waals surface area contributed by atoms with Crippen LogP contribution in [-0.2, 0) is 4.79 Å². The SMILES string of the molecule is Cc1cccc(N2CCN(CCC(=O)NCCNc3ccncc3C)CC2)c1. The van der Waals surface area contributed by atoms with E-state index in [1.807, 2.05) is 19.2 Å². The monoisotopic (exact) mass is 381 g/mol. The maximum absolute atomic E-state index is 12.1. The lowest BCUT2D eigenvalue weighted by Gasteiger charge is -2.36. The molecule has 150 valence electrons. The molecule has 0 unspecified atom stereocenters. The summed E-state index contributed by atoms with van der Waals surface area (Å²) in [5.41, 5.74) is 4.77. The van der Waals surface area contributed by atoms with Gasteiger partial charge in [-0.05, 0) is 43.2 Å². The summed E-state index contributed by atoms with van der Waals surface area (Å²) in [5, 5.41) is 6.33. The maximum atomic E-state index is 12.1. The first-order valence-corrected chi connectivity index (χ1v) is 10.1. The number of benzene rings is 1. The lowest BCUT2D eigenvalue weighted by Crippen LogP contribution is -2.47. The Bertz CT molecular complexity index is 771. The summed E-state index contributed by atoms with van der Waals surface area (Å²) in [4.78, 5) is 21.0. The third-order valence-corrected chi connectivity index (χ3v) is 5.18. The van der Waals surface area contributed by atoms with Crippen LogP contribution >= 0.6 is 0 Å². The molecule has 3 rings (SSSR count). The number of aryl methyl sites for hydroxylation is 2. The van der Waals surface area contributed by atoms with Crippen molar-refractivity contribution < 1.29 is 4.79 Å². The van der Waals surface area contributed by atoms with Crippen LogP contribution in [-0.4, -0.2) is 61.6 Å². The fraction of sp³-hybridized carbons (Fsp3) is 0.455. The number of carbonyl (C=O) groups excluding carboxylic acids is 1. The van der Waals surface area contributed by atoms with Gasteiger partial charge in [0.05, 0.1) is 0 Å². The predicted molar refractivity (Wildman–Crippen MR) is 115 cm³/mol. The van der Waals surface area contributed by atoms with Gasteiger partial charge in [-0.1, -0.05) is 12.1 Å². The Hall–Kier alpha value is -2.60. The van der Waals surface area contributed by atoms with Gasteiger partial charge in [0.2, 0.25) is 5.91 Å². The first-order valence-electron chi connectivity index (χ1n) is 10.1. The van der Waals surface area contributed by atoms with E-state index in [4.69, 9.17) is 0 Å². The van der Waals surface area contributed by atoms with Crippen molar-refractivity contribution in [3.05, 3.63) is 53.9 Å². The minimum absolute atomic E-state index is 0.120. The average Bonchev–Trinajstić information content (AvgIpc) is 2.71. The molecule has 2 heterocycles. The van der Waals surface area contributed by atoms with E-state index in [0.717, 1.165) is 44.0 Å². The topological polar surface area (TPSA) is 60.5 Å². The first kappa shape index (κ1) is 20.1. The molecule has 1 aromatic carbocycles. The Kier molecular flexibility index (Phi) is 7.25. The van der Waals surface area contributed by atoms with Crippen molar-refractivity contribution in [2.24, 2.45) is 0 Å². The van der Waals surface area contributed by atoms with Crippen molar-refractivity contribution in [2.75, 3.05) is 56.0 Å². The lowest BCUT2D eigenvalue weighted by molar-refractivity contribution is -0.121. The van der Waals surface area contributed by atoms with Crippen molar-refractivity contribution in [3.63, 3.8) is 0 Å². The molecule has 6 nitrogen and oxygen atoms in total. The summed E-state index contributed by atoms with van der Waals surface area (Å²) >= 11 is 0. The number of piperazine rings is 1. The van der Waals surface area contributed by atoms with Crippen molar-refractivity contribution >= 4 is 17.3 Å². The van der Waals surface area contributed by atoms with E-state index in [-0.39, 0.29) is 5.91 Å². The molecule has 0 bridgehead atoms. The number of aromatic nitrogens is 1. The van der Waals surface area contributed by atoms with Gasteiger partial charge >= 0.3 is 0 Å². The minimum atomic E-state index is 0.120. The number of hydrogen-bond acceptors (Lipinski definition) is 5. The molecule has 0 spiro atoms. The highest BCUT2D eigenvalue weighted by atomic mass is 16.1. The van der Waals surface area contributed by atoms with Gasteiger partial charge in [0.15, 0.2) is 0 Å². The third kappa shape index (κ3) is 5.96. The molecule has 6 heteroatoms. The Balaban J connectivity index is 1.30. The molecule has 0 radical (unpaired) electrons. The van der Waals surface area contributed by atoms with Crippen LogP contribution in [0.15, 0.2) is 42.7 Å². The van der Waals surface area contributed by atoms with Crippen LogP contribution in [0.5, 0.6) is 0 Å². The molecule has 1 aromatic heterocycles. The number of rotatable bonds is 8. The Morgan fingerprint density at radius 3 is 2.68 bits per heavy atom. The van der Waals surface area contributed by atoms with Gasteiger partial charge in [-0.3, -0.25) is 14.7 Å². The highest BCUT2D eigenvalue weighted by Gasteiger charge is 2.17. The second kappa shape index (κ2) is 10.1. The molecular weight excluding hydrogens is 350 g/mol. The van der Waals surface area contributed by atoms with Crippen LogP contribution in [0.3, 0.4) is 0 Å². The van der Waals surface area contributed by atoms with E-state index in [2.05, 4.69) is 56.6 Å². The zero-order valence-electron chi connectivity index (χ0n) is 16.9. The number of nitrogens with zero attached hydrogens (tertiary/aromatic N) is 3. The molecule has 2 aromatic rings. The molecule has 1 fully saturated rings. The molecule has 1 saturated heterocycles. The predicted octanol–water partition coefficient (Wildman–Crippen LogP) is 2.44. The van der Waals surface area contributed by atoms with E-state index in [1.54, 1.807) is 6.20 Å². The smallest absolute Gasteiger partial charge is 0.221 e. The van der Waals surface area contributed by atoms with E-state index >= 15 is 0 Å². The molecule has 28 heavy (non-hydrogen) atoms. The fourth-order valence-corrected chi connectivity index (χ4v) is 3.47. The number of pyridine rings is 1. The van der Waals surface area contributed by atoms with Gasteiger partial charge < -0.3 is 15.5 Å². The molecule has 1 aliphatic rings. The first-order chi connectivity index (χ1) is 13.6. The van der Waals surface area contributed by atoms with E-state index < -0.39 is 0 Å². The summed E-state index contributed by atoms with van der Waals surface area (Å²) in [6, 6.07) is 10.6. The normalized spacial score (nSPS) is 14.7. The minimum Gasteiger partial charge on any atom is -0.383 e. The number of nitrogens with one attached hydrogen (secondary N) is 2. The van der Waals surface area contributed by atoms with E-state index in [0.29, 0.717) is 19.5 Å². The van der Waals surface area contributed by atoms with Crippen LogP contribution in [0.25, 0.3) is 0 Å². The molecule has 1 aliphatic heterocycles. The van der Waals surface area contributed by atoms with Gasteiger partial charge in [-0.25, -0.2) is 0 Å². The van der Waals surface area contributed by atoms with E-state index in [9.17, 15) is 4.79 Å². The van der Waals surface area contributed by atoms with Gasteiger partial charge in [0.1, 0.15) is 0 Å². The van der Waals surface area contributed by atoms with Gasteiger partial charge in [-0.15, -0.1) is 0 Å². The Morgan fingerprint density at radius 2 is 1.93 bits per heavy atom. The highest BCUT2D eigenvalue weighted by molar-refractivity contribution is 5.76. The fourth-order valence-electron chi connectivity index (χ4n) is 3.47. The average molecular weight is 382 g/mol. The molecular formula is C22H31N5O. The van der Waals surface area contributed by atoms with Crippen molar-refractivity contribution in [3.8, 4) is 0 Å². The van der Waals surface area contributed by atoms with Crippen LogP contribution in [0.4, 0.5) is 11.4 Å². The summed E-state index contributed by atoms with van der Waals surface area (Å²) in [5.74, 6) is 0.120. The summed E-state index contributed by atoms with van der Waals surface area (Å²) in [6.07, 6.45) is 4.16. The maximum Gasteiger partial charge on any atom is 0.221 e. The van der Waals surface area contributed by atoms with E-state index in [1.165, 1.54) is 11.3 Å². The zero-order chi connectivity index (χ0) is 19.8. The van der Waals surface area contributed by atoms with Gasteiger partial charge in [-0.2, -0.15) is 0 Å². The third-order valence-electron chi connectivity index (χ3n) is 5.18. The largest absolute Gasteiger partial charge is 0.383 e. The summed E-state index contributed by atoms with van der Waals surface area (Å²) < 4.78 is 0. The second-order valence-electron chi connectivity index (χ2n) is 7.39. The number of amides is 1. The molecule has 1 amide bonds. The Labute approximate surface area is 167 Å². The number of anilines is 2. The van der Waals surface area contributed by atoms with Crippen LogP contribution in [0, 0.1) is 13.8 Å². The number of hydrogen-bond donors (Lipinski definition) is 2. The molecule has 2 N–H and O–H groups in total. The van der Waals surface area contributed by atoms with Crippen molar-refractivity contribution in [1.82, 2.24) is 15.2 Å². The molecule has 0 aliphatic carbocycles. The Morgan fingerprint density at radius 1 is 1.11 bits per heavy atom. The second-order valence-corrected chi connectivity index (χ2v) is 7.39. The summed E-state index contributed by atoms with van der Waals surface area (Å²) in [6.45, 7) is 10.4. The molecule has 0 atom stereocenters. The quantitative estimate of drug-likeness (QED) is 0.688.